The van der Waals surface area contributed by atoms with Crippen LogP contribution < -0.4 is 14.8 Å². The molecule has 1 N–H and O–H groups in total. The topological polar surface area (TPSA) is 65.4 Å². The van der Waals surface area contributed by atoms with Crippen LogP contribution in [-0.2, 0) is 13.1 Å². The Balaban J connectivity index is 1.40. The van der Waals surface area contributed by atoms with E-state index in [-0.39, 0.29) is 5.91 Å². The van der Waals surface area contributed by atoms with Gasteiger partial charge in [0.25, 0.3) is 5.91 Å². The molecule has 4 aromatic rings. The predicted molar refractivity (Wildman–Crippen MR) is 118 cm³/mol. The molecule has 0 fully saturated rings. The standard InChI is InChI=1S/C23H23N3O3S/c1-28-17-9-11-18(12-10-17)29-14-5-13-26-20-7-3-2-6-19(20)25-22(26)16-24-23(27)21-8-4-15-30-21/h2-4,6-12,15H,5,13-14,16H2,1H3,(H,24,27). The van der Waals surface area contributed by atoms with Gasteiger partial charge in [-0.05, 0) is 54.3 Å². The molecule has 6 nitrogen and oxygen atoms in total. The second-order valence-corrected chi connectivity index (χ2v) is 7.65. The van der Waals surface area contributed by atoms with Gasteiger partial charge >= 0.3 is 0 Å². The third-order valence-corrected chi connectivity index (χ3v) is 5.61. The zero-order valence-corrected chi connectivity index (χ0v) is 17.5. The molecule has 4 rings (SSSR count). The molecule has 0 aliphatic heterocycles. The van der Waals surface area contributed by atoms with Gasteiger partial charge in [-0.15, -0.1) is 11.3 Å². The molecular formula is C23H23N3O3S. The first-order valence-electron chi connectivity index (χ1n) is 9.77. The number of methoxy groups -OCH3 is 1. The predicted octanol–water partition coefficient (Wildman–Crippen LogP) is 4.51. The Morgan fingerprint density at radius 3 is 2.63 bits per heavy atom. The first-order valence-corrected chi connectivity index (χ1v) is 10.7. The SMILES string of the molecule is COc1ccc(OCCCn2c(CNC(=O)c3cccs3)nc3ccccc32)cc1. The van der Waals surface area contributed by atoms with E-state index in [9.17, 15) is 4.79 Å². The normalized spacial score (nSPS) is 10.8. The first kappa shape index (κ1) is 20.0. The highest BCUT2D eigenvalue weighted by atomic mass is 32.1. The molecule has 0 unspecified atom stereocenters. The largest absolute Gasteiger partial charge is 0.497 e. The van der Waals surface area contributed by atoms with Gasteiger partial charge in [0, 0.05) is 6.54 Å². The van der Waals surface area contributed by atoms with Crippen LogP contribution in [0.5, 0.6) is 11.5 Å². The number of amides is 1. The maximum absolute atomic E-state index is 12.3. The summed E-state index contributed by atoms with van der Waals surface area (Å²) >= 11 is 1.43. The quantitative estimate of drug-likeness (QED) is 0.404. The third-order valence-electron chi connectivity index (χ3n) is 4.74. The van der Waals surface area contributed by atoms with Gasteiger partial charge in [-0.1, -0.05) is 18.2 Å². The number of aryl methyl sites for hydroxylation is 1. The highest BCUT2D eigenvalue weighted by Gasteiger charge is 2.13. The van der Waals surface area contributed by atoms with Gasteiger partial charge in [0.2, 0.25) is 0 Å². The Labute approximate surface area is 179 Å². The van der Waals surface area contributed by atoms with Crippen LogP contribution in [0, 0.1) is 0 Å². The smallest absolute Gasteiger partial charge is 0.261 e. The molecule has 0 aliphatic carbocycles. The summed E-state index contributed by atoms with van der Waals surface area (Å²) in [6.07, 6.45) is 0.818. The molecule has 0 radical (unpaired) electrons. The van der Waals surface area contributed by atoms with E-state index in [0.717, 1.165) is 41.3 Å². The minimum Gasteiger partial charge on any atom is -0.497 e. The number of benzene rings is 2. The minimum atomic E-state index is -0.0774. The average molecular weight is 422 g/mol. The molecule has 30 heavy (non-hydrogen) atoms. The highest BCUT2D eigenvalue weighted by molar-refractivity contribution is 7.12. The van der Waals surface area contributed by atoms with E-state index in [1.54, 1.807) is 7.11 Å². The van der Waals surface area contributed by atoms with Gasteiger partial charge < -0.3 is 19.4 Å². The van der Waals surface area contributed by atoms with Crippen LogP contribution >= 0.6 is 11.3 Å². The minimum absolute atomic E-state index is 0.0774. The number of para-hydroxylation sites is 2. The summed E-state index contributed by atoms with van der Waals surface area (Å²) in [6, 6.07) is 19.3. The van der Waals surface area contributed by atoms with Crippen LogP contribution in [0.1, 0.15) is 21.9 Å². The van der Waals surface area contributed by atoms with Crippen molar-refractivity contribution in [2.45, 2.75) is 19.5 Å². The Hall–Kier alpha value is -3.32. The van der Waals surface area contributed by atoms with E-state index in [4.69, 9.17) is 14.5 Å². The number of imidazole rings is 1. The van der Waals surface area contributed by atoms with Crippen molar-refractivity contribution in [1.82, 2.24) is 14.9 Å². The number of fused-ring (bicyclic) bond motifs is 1. The number of carbonyl (C=O) groups excluding carboxylic acids is 1. The van der Waals surface area contributed by atoms with Crippen molar-refractivity contribution in [3.05, 3.63) is 76.7 Å². The summed E-state index contributed by atoms with van der Waals surface area (Å²) in [4.78, 5) is 17.7. The van der Waals surface area contributed by atoms with Gasteiger partial charge in [0.15, 0.2) is 0 Å². The van der Waals surface area contributed by atoms with Crippen molar-refractivity contribution < 1.29 is 14.3 Å². The Kier molecular flexibility index (Phi) is 6.29. The number of aromatic nitrogens is 2. The maximum Gasteiger partial charge on any atom is 0.261 e. The number of hydrogen-bond acceptors (Lipinski definition) is 5. The van der Waals surface area contributed by atoms with Gasteiger partial charge in [-0.25, -0.2) is 4.98 Å². The van der Waals surface area contributed by atoms with Gasteiger partial charge in [0.1, 0.15) is 17.3 Å². The number of carbonyl (C=O) groups is 1. The molecule has 1 amide bonds. The fraction of sp³-hybridized carbons (Fsp3) is 0.217. The number of ether oxygens (including phenoxy) is 2. The number of nitrogens with one attached hydrogen (secondary N) is 1. The molecule has 154 valence electrons. The van der Waals surface area contributed by atoms with Crippen LogP contribution in [0.15, 0.2) is 66.0 Å². The van der Waals surface area contributed by atoms with Gasteiger partial charge in [-0.3, -0.25) is 4.79 Å². The number of hydrogen-bond donors (Lipinski definition) is 1. The molecule has 0 spiro atoms. The molecule has 0 saturated carbocycles. The highest BCUT2D eigenvalue weighted by Crippen LogP contribution is 2.19. The summed E-state index contributed by atoms with van der Waals surface area (Å²) in [5.74, 6) is 2.38. The van der Waals surface area contributed by atoms with E-state index in [2.05, 4.69) is 16.0 Å². The molecule has 0 aliphatic rings. The van der Waals surface area contributed by atoms with Crippen LogP contribution in [0.25, 0.3) is 11.0 Å². The Morgan fingerprint density at radius 2 is 1.87 bits per heavy atom. The van der Waals surface area contributed by atoms with Gasteiger partial charge in [-0.2, -0.15) is 0 Å². The van der Waals surface area contributed by atoms with E-state index in [0.29, 0.717) is 18.0 Å². The second kappa shape index (κ2) is 9.45. The van der Waals surface area contributed by atoms with Crippen molar-refractivity contribution in [2.75, 3.05) is 13.7 Å². The maximum atomic E-state index is 12.3. The van der Waals surface area contributed by atoms with Gasteiger partial charge in [0.05, 0.1) is 36.2 Å². The van der Waals surface area contributed by atoms with Crippen LogP contribution in [0.4, 0.5) is 0 Å². The fourth-order valence-corrected chi connectivity index (χ4v) is 3.89. The lowest BCUT2D eigenvalue weighted by atomic mass is 10.3. The summed E-state index contributed by atoms with van der Waals surface area (Å²) in [6.45, 7) is 1.71. The number of thiophene rings is 1. The second-order valence-electron chi connectivity index (χ2n) is 6.71. The lowest BCUT2D eigenvalue weighted by Crippen LogP contribution is -2.24. The Morgan fingerprint density at radius 1 is 1.07 bits per heavy atom. The molecule has 0 saturated heterocycles. The average Bonchev–Trinajstić information content (AvgIpc) is 3.44. The first-order chi connectivity index (χ1) is 14.7. The molecule has 2 aromatic heterocycles. The lowest BCUT2D eigenvalue weighted by Gasteiger charge is -2.11. The van der Waals surface area contributed by atoms with Crippen molar-refractivity contribution >= 4 is 28.3 Å². The zero-order valence-electron chi connectivity index (χ0n) is 16.7. The molecule has 7 heteroatoms. The van der Waals surface area contributed by atoms with Crippen molar-refractivity contribution in [1.29, 1.82) is 0 Å². The molecule has 0 atom stereocenters. The molecule has 2 aromatic carbocycles. The van der Waals surface area contributed by atoms with E-state index in [1.165, 1.54) is 11.3 Å². The number of rotatable bonds is 9. The fourth-order valence-electron chi connectivity index (χ4n) is 3.25. The third kappa shape index (κ3) is 4.63. The molecule has 0 bridgehead atoms. The van der Waals surface area contributed by atoms with Crippen molar-refractivity contribution in [3.63, 3.8) is 0 Å². The van der Waals surface area contributed by atoms with E-state index >= 15 is 0 Å². The zero-order chi connectivity index (χ0) is 20.8. The molecule has 2 heterocycles. The number of nitrogens with zero attached hydrogens (tertiary/aromatic N) is 2. The van der Waals surface area contributed by atoms with E-state index in [1.807, 2.05) is 60.0 Å². The lowest BCUT2D eigenvalue weighted by molar-refractivity contribution is 0.0953. The van der Waals surface area contributed by atoms with Crippen molar-refractivity contribution in [3.8, 4) is 11.5 Å². The van der Waals surface area contributed by atoms with E-state index < -0.39 is 0 Å². The van der Waals surface area contributed by atoms with Crippen LogP contribution in [0.2, 0.25) is 0 Å². The summed E-state index contributed by atoms with van der Waals surface area (Å²) in [5, 5.41) is 4.87. The monoisotopic (exact) mass is 421 g/mol. The molecular weight excluding hydrogens is 398 g/mol. The summed E-state index contributed by atoms with van der Waals surface area (Å²) < 4.78 is 13.2. The van der Waals surface area contributed by atoms with Crippen LogP contribution in [-0.4, -0.2) is 29.2 Å². The summed E-state index contributed by atoms with van der Waals surface area (Å²) in [7, 11) is 1.64. The Bertz CT molecular complexity index is 1100. The van der Waals surface area contributed by atoms with Crippen molar-refractivity contribution in [2.24, 2.45) is 0 Å². The summed E-state index contributed by atoms with van der Waals surface area (Å²) in [5.41, 5.74) is 1.98. The van der Waals surface area contributed by atoms with Crippen LogP contribution in [0.3, 0.4) is 0 Å².